The van der Waals surface area contributed by atoms with Gasteiger partial charge in [0.05, 0.1) is 0 Å². The van der Waals surface area contributed by atoms with Gasteiger partial charge in [0.15, 0.2) is 0 Å². The van der Waals surface area contributed by atoms with Gasteiger partial charge in [-0.15, -0.1) is 0 Å². The first-order valence-electron chi connectivity index (χ1n) is 8.85. The quantitative estimate of drug-likeness (QED) is 0.152. The lowest BCUT2D eigenvalue weighted by Gasteiger charge is -1.98. The maximum atomic E-state index is 10.0. The van der Waals surface area contributed by atoms with Crippen LogP contribution in [0.5, 0.6) is 0 Å². The molecule has 0 aliphatic carbocycles. The van der Waals surface area contributed by atoms with E-state index >= 15 is 0 Å². The van der Waals surface area contributed by atoms with Gasteiger partial charge in [-0.25, -0.2) is 0 Å². The van der Waals surface area contributed by atoms with E-state index in [9.17, 15) is 4.79 Å². The zero-order valence-corrected chi connectivity index (χ0v) is 14.6. The number of allylic oxidation sites excluding steroid dienone is 12. The normalized spacial score (nSPS) is 13.1. The van der Waals surface area contributed by atoms with Crippen LogP contribution >= 0.6 is 0 Å². The minimum Gasteiger partial charge on any atom is -0.299 e. The smallest absolute Gasteiger partial charge is 0.142 e. The summed E-state index contributed by atoms with van der Waals surface area (Å²) in [6.45, 7) is 2.26. The van der Waals surface area contributed by atoms with Gasteiger partial charge < -0.3 is 0 Å². The lowest BCUT2D eigenvalue weighted by atomic mass is 10.1. The molecule has 0 N–H and O–H groups in total. The van der Waals surface area contributed by atoms with Crippen LogP contribution < -0.4 is 0 Å². The second-order valence-electron chi connectivity index (χ2n) is 5.40. The van der Waals surface area contributed by atoms with Crippen LogP contribution in [-0.2, 0) is 4.79 Å². The zero-order chi connectivity index (χ0) is 16.8. The third-order valence-electron chi connectivity index (χ3n) is 3.30. The molecule has 0 aliphatic rings. The lowest BCUT2D eigenvalue weighted by molar-refractivity contribution is -0.104. The van der Waals surface area contributed by atoms with Gasteiger partial charge in [-0.05, 0) is 18.9 Å². The van der Waals surface area contributed by atoms with Gasteiger partial charge in [0, 0.05) is 0 Å². The topological polar surface area (TPSA) is 17.1 Å². The Morgan fingerprint density at radius 2 is 0.957 bits per heavy atom. The van der Waals surface area contributed by atoms with Crippen molar-refractivity contribution in [3.05, 3.63) is 72.9 Å². The molecule has 0 saturated carbocycles. The van der Waals surface area contributed by atoms with Crippen LogP contribution in [0, 0.1) is 0 Å². The molecule has 0 unspecified atom stereocenters. The van der Waals surface area contributed by atoms with Crippen LogP contribution in [0.4, 0.5) is 0 Å². The Morgan fingerprint density at radius 1 is 0.522 bits per heavy atom. The molecule has 126 valence electrons. The highest BCUT2D eigenvalue weighted by Gasteiger charge is 1.88. The molecule has 23 heavy (non-hydrogen) atoms. The van der Waals surface area contributed by atoms with Gasteiger partial charge in [-0.3, -0.25) is 4.79 Å². The van der Waals surface area contributed by atoms with Crippen molar-refractivity contribution in [3.8, 4) is 0 Å². The Hall–Kier alpha value is -1.89. The molecule has 0 amide bonds. The Morgan fingerprint density at radius 3 is 1.48 bits per heavy atom. The standard InChI is InChI=1S/C22H32O/c1-2-3-4-5-6-7-8-9-10-11-12-13-14-15-16-17-18-19-20-21-22-23/h10-22H,2-9H2,1H3/b11-10-,13-12-,15-14+,17-16-,19-18-,21-20+. The van der Waals surface area contributed by atoms with Gasteiger partial charge in [-0.1, -0.05) is 112 Å². The number of carbonyl (C=O) groups excluding carboxylic acids is 1. The van der Waals surface area contributed by atoms with E-state index in [1.54, 1.807) is 6.08 Å². The van der Waals surface area contributed by atoms with Gasteiger partial charge in [-0.2, -0.15) is 0 Å². The van der Waals surface area contributed by atoms with Crippen LogP contribution in [0.15, 0.2) is 72.9 Å². The minimum atomic E-state index is 0.764. The average molecular weight is 312 g/mol. The summed E-state index contributed by atoms with van der Waals surface area (Å²) in [5.74, 6) is 0. The first-order valence-corrected chi connectivity index (χ1v) is 8.85. The molecule has 0 radical (unpaired) electrons. The van der Waals surface area contributed by atoms with Crippen LogP contribution in [0.2, 0.25) is 0 Å². The predicted molar refractivity (Wildman–Crippen MR) is 104 cm³/mol. The largest absolute Gasteiger partial charge is 0.299 e. The second kappa shape index (κ2) is 20.1. The predicted octanol–water partition coefficient (Wildman–Crippen LogP) is 6.66. The summed E-state index contributed by atoms with van der Waals surface area (Å²) in [6, 6.07) is 0. The number of rotatable bonds is 14. The third kappa shape index (κ3) is 20.1. The van der Waals surface area contributed by atoms with Crippen molar-refractivity contribution in [2.45, 2.75) is 58.3 Å². The highest BCUT2D eigenvalue weighted by Crippen LogP contribution is 2.08. The second-order valence-corrected chi connectivity index (χ2v) is 5.40. The molecule has 0 aliphatic heterocycles. The molecular weight excluding hydrogens is 280 g/mol. The molecule has 0 rings (SSSR count). The Kier molecular flexibility index (Phi) is 18.5. The fourth-order valence-corrected chi connectivity index (χ4v) is 2.02. The van der Waals surface area contributed by atoms with E-state index in [0.29, 0.717) is 0 Å². The SMILES string of the molecule is CCCCCCCCC\C=C/C=C\C=C\C=C/C=C\C=C\C=O. The lowest BCUT2D eigenvalue weighted by Crippen LogP contribution is -1.78. The molecule has 0 atom stereocenters. The molecule has 0 aromatic heterocycles. The first-order chi connectivity index (χ1) is 11.4. The van der Waals surface area contributed by atoms with Crippen molar-refractivity contribution in [1.82, 2.24) is 0 Å². The Balaban J connectivity index is 3.52. The molecule has 1 heteroatoms. The summed E-state index contributed by atoms with van der Waals surface area (Å²) in [5, 5.41) is 0. The van der Waals surface area contributed by atoms with E-state index in [1.807, 2.05) is 42.5 Å². The van der Waals surface area contributed by atoms with Crippen LogP contribution in [0.25, 0.3) is 0 Å². The van der Waals surface area contributed by atoms with Crippen molar-refractivity contribution in [2.75, 3.05) is 0 Å². The number of carbonyl (C=O) groups is 1. The van der Waals surface area contributed by atoms with E-state index in [2.05, 4.69) is 25.2 Å². The van der Waals surface area contributed by atoms with Gasteiger partial charge in [0.2, 0.25) is 0 Å². The average Bonchev–Trinajstić information content (AvgIpc) is 2.57. The molecule has 0 fully saturated rings. The monoisotopic (exact) mass is 312 g/mol. The summed E-state index contributed by atoms with van der Waals surface area (Å²) in [4.78, 5) is 10.0. The van der Waals surface area contributed by atoms with E-state index in [0.717, 1.165) is 6.29 Å². The number of unbranched alkanes of at least 4 members (excludes halogenated alkanes) is 7. The van der Waals surface area contributed by atoms with E-state index in [4.69, 9.17) is 0 Å². The Bertz CT molecular complexity index is 419. The molecular formula is C22H32O. The maximum absolute atomic E-state index is 10.0. The van der Waals surface area contributed by atoms with Crippen molar-refractivity contribution in [3.63, 3.8) is 0 Å². The zero-order valence-electron chi connectivity index (χ0n) is 14.6. The van der Waals surface area contributed by atoms with Crippen LogP contribution in [0.3, 0.4) is 0 Å². The van der Waals surface area contributed by atoms with Crippen LogP contribution in [0.1, 0.15) is 58.3 Å². The number of aldehydes is 1. The van der Waals surface area contributed by atoms with E-state index < -0.39 is 0 Å². The van der Waals surface area contributed by atoms with Crippen LogP contribution in [-0.4, -0.2) is 6.29 Å². The summed E-state index contributed by atoms with van der Waals surface area (Å²) in [5.41, 5.74) is 0. The third-order valence-corrected chi connectivity index (χ3v) is 3.30. The van der Waals surface area contributed by atoms with E-state index in [1.165, 1.54) is 57.4 Å². The Labute approximate surface area is 142 Å². The van der Waals surface area contributed by atoms with Crippen molar-refractivity contribution >= 4 is 6.29 Å². The number of hydrogen-bond acceptors (Lipinski definition) is 1. The summed E-state index contributed by atoms with van der Waals surface area (Å²) >= 11 is 0. The molecule has 1 nitrogen and oxygen atoms in total. The molecule has 0 aromatic carbocycles. The maximum Gasteiger partial charge on any atom is 0.142 e. The fraction of sp³-hybridized carbons (Fsp3) is 0.409. The number of hydrogen-bond donors (Lipinski definition) is 0. The highest BCUT2D eigenvalue weighted by molar-refractivity contribution is 5.65. The van der Waals surface area contributed by atoms with E-state index in [-0.39, 0.29) is 0 Å². The van der Waals surface area contributed by atoms with Crippen molar-refractivity contribution in [2.24, 2.45) is 0 Å². The molecule has 0 bridgehead atoms. The molecule has 0 saturated heterocycles. The summed E-state index contributed by atoms with van der Waals surface area (Å²) in [7, 11) is 0. The van der Waals surface area contributed by atoms with Gasteiger partial charge in [0.1, 0.15) is 6.29 Å². The summed E-state index contributed by atoms with van der Waals surface area (Å²) in [6.07, 6.45) is 34.7. The summed E-state index contributed by atoms with van der Waals surface area (Å²) < 4.78 is 0. The van der Waals surface area contributed by atoms with Gasteiger partial charge >= 0.3 is 0 Å². The fourth-order valence-electron chi connectivity index (χ4n) is 2.02. The first kappa shape index (κ1) is 21.1. The molecule has 0 heterocycles. The molecule has 0 aromatic rings. The molecule has 0 spiro atoms. The van der Waals surface area contributed by atoms with Crippen molar-refractivity contribution < 1.29 is 4.79 Å². The minimum absolute atomic E-state index is 0.764. The highest BCUT2D eigenvalue weighted by atomic mass is 16.1. The van der Waals surface area contributed by atoms with Gasteiger partial charge in [0.25, 0.3) is 0 Å². The van der Waals surface area contributed by atoms with Crippen molar-refractivity contribution in [1.29, 1.82) is 0 Å².